The summed E-state index contributed by atoms with van der Waals surface area (Å²) in [7, 11) is -7.37. The van der Waals surface area contributed by atoms with Gasteiger partial charge >= 0.3 is 5.97 Å². The fourth-order valence-electron chi connectivity index (χ4n) is 6.95. The Bertz CT molecular complexity index is 3110. The van der Waals surface area contributed by atoms with E-state index in [4.69, 9.17) is 19.9 Å². The highest BCUT2D eigenvalue weighted by Crippen LogP contribution is 2.28. The molecule has 7 aromatic carbocycles. The summed E-state index contributed by atoms with van der Waals surface area (Å²) >= 11 is 0. The van der Waals surface area contributed by atoms with E-state index in [2.05, 4.69) is 9.44 Å². The number of Topliss-reactive ketones (excluding diaryl/α,β-unsaturated/α-hetero) is 1. The number of rotatable bonds is 17. The molecule has 71 heavy (non-hydrogen) atoms. The Morgan fingerprint density at radius 1 is 0.479 bits per heavy atom. The molecule has 12 nitrogen and oxygen atoms in total. The van der Waals surface area contributed by atoms with E-state index in [0.717, 1.165) is 56.0 Å². The van der Waals surface area contributed by atoms with Crippen molar-refractivity contribution in [3.05, 3.63) is 202 Å². The molecular weight excluding hydrogens is 935 g/mol. The summed E-state index contributed by atoms with van der Waals surface area (Å²) in [6, 6.07) is 44.5. The number of ketones is 1. The van der Waals surface area contributed by atoms with Gasteiger partial charge in [0.05, 0.1) is 46.5 Å². The van der Waals surface area contributed by atoms with Crippen molar-refractivity contribution in [2.45, 2.75) is 84.4 Å². The number of hydrogen-bond donors (Lipinski definition) is 3. The van der Waals surface area contributed by atoms with Gasteiger partial charge in [0, 0.05) is 12.8 Å². The third kappa shape index (κ3) is 16.9. The molecule has 0 saturated carbocycles. The number of nitrogens with two attached hydrogens (primary N) is 1. The minimum atomic E-state index is -3.76. The first kappa shape index (κ1) is 54.5. The maximum atomic E-state index is 12.9. The van der Waals surface area contributed by atoms with Crippen LogP contribution in [0.15, 0.2) is 161 Å². The van der Waals surface area contributed by atoms with Gasteiger partial charge in [-0.2, -0.15) is 0 Å². The zero-order valence-electron chi connectivity index (χ0n) is 41.5. The topological polar surface area (TPSA) is 180 Å². The second kappa shape index (κ2) is 25.4. The number of sulfonamides is 2. The van der Waals surface area contributed by atoms with Crippen LogP contribution in [-0.4, -0.2) is 41.8 Å². The molecule has 0 aliphatic carbocycles. The summed E-state index contributed by atoms with van der Waals surface area (Å²) in [5.74, 6) is 1.88. The Morgan fingerprint density at radius 2 is 0.901 bits per heavy atom. The number of nitrogens with one attached hydrogen (secondary N) is 2. The molecule has 0 spiro atoms. The normalized spacial score (nSPS) is 10.9. The minimum absolute atomic E-state index is 0.00759. The summed E-state index contributed by atoms with van der Waals surface area (Å²) in [5.41, 5.74) is 15.6. The minimum Gasteiger partial charge on any atom is -0.494 e. The zero-order chi connectivity index (χ0) is 51.7. The SMILES string of the molecule is CCOc1ccc(CC(=O)Cc2cc(C)c(C)cc2NS(=O)(=O)c2ccc(C)cc2)cc1.CCOc1ccc(CC(=O)Oc2ccccc2)cc1.Cc1ccc(S(=O)(=O)Nc2cc(C)c(C)cc2N)cc1. The van der Waals surface area contributed by atoms with Crippen LogP contribution in [0.1, 0.15) is 63.9 Å². The summed E-state index contributed by atoms with van der Waals surface area (Å²) in [4.78, 5) is 25.0. The van der Waals surface area contributed by atoms with Crippen LogP contribution in [0.2, 0.25) is 0 Å². The molecule has 0 heterocycles. The predicted octanol–water partition coefficient (Wildman–Crippen LogP) is 11.4. The van der Waals surface area contributed by atoms with Crippen LogP contribution in [0.25, 0.3) is 0 Å². The quantitative estimate of drug-likeness (QED) is 0.0451. The maximum Gasteiger partial charge on any atom is 0.315 e. The van der Waals surface area contributed by atoms with E-state index in [-0.39, 0.29) is 40.8 Å². The number of nitrogen functional groups attached to an aromatic ring is 1. The van der Waals surface area contributed by atoms with Crippen LogP contribution in [0, 0.1) is 41.5 Å². The van der Waals surface area contributed by atoms with E-state index >= 15 is 0 Å². The fraction of sp³-hybridized carbons (Fsp3) is 0.228. The Hall–Kier alpha value is -7.42. The molecule has 7 aromatic rings. The van der Waals surface area contributed by atoms with Crippen molar-refractivity contribution in [2.24, 2.45) is 0 Å². The first-order chi connectivity index (χ1) is 33.7. The number of carbonyl (C=O) groups excluding carboxylic acids is 2. The molecule has 0 fully saturated rings. The smallest absolute Gasteiger partial charge is 0.315 e. The van der Waals surface area contributed by atoms with Crippen molar-refractivity contribution in [3.63, 3.8) is 0 Å². The van der Waals surface area contributed by atoms with E-state index in [9.17, 15) is 26.4 Å². The van der Waals surface area contributed by atoms with Crippen molar-refractivity contribution in [3.8, 4) is 17.2 Å². The first-order valence-corrected chi connectivity index (χ1v) is 26.1. The van der Waals surface area contributed by atoms with Gasteiger partial charge in [-0.25, -0.2) is 16.8 Å². The Kier molecular flexibility index (Phi) is 19.5. The predicted molar refractivity (Wildman–Crippen MR) is 284 cm³/mol. The lowest BCUT2D eigenvalue weighted by atomic mass is 9.98. The molecule has 0 bridgehead atoms. The lowest BCUT2D eigenvalue weighted by molar-refractivity contribution is -0.133. The van der Waals surface area contributed by atoms with Gasteiger partial charge in [0.25, 0.3) is 20.0 Å². The number of esters is 1. The van der Waals surface area contributed by atoms with Gasteiger partial charge in [-0.05, 0) is 173 Å². The molecule has 14 heteroatoms. The van der Waals surface area contributed by atoms with Crippen LogP contribution >= 0.6 is 0 Å². The van der Waals surface area contributed by atoms with Crippen molar-refractivity contribution in [1.82, 2.24) is 0 Å². The number of benzene rings is 7. The molecule has 7 rings (SSSR count). The molecule has 0 aliphatic heterocycles. The van der Waals surface area contributed by atoms with Crippen LogP contribution in [-0.2, 0) is 48.9 Å². The molecule has 4 N–H and O–H groups in total. The highest BCUT2D eigenvalue weighted by Gasteiger charge is 2.19. The number of hydrogen-bond acceptors (Lipinski definition) is 10. The van der Waals surface area contributed by atoms with Crippen LogP contribution in [0.3, 0.4) is 0 Å². The monoisotopic (exact) mass is 997 g/mol. The standard InChI is InChI=1S/C26H29NO4S.C16H16O3.C15H18N2O2S/c1-5-31-24-10-8-21(9-11-24)16-23(28)17-22-14-19(3)20(4)15-26(22)27-32(29,30)25-12-6-18(2)7-13-25;1-2-18-14-10-8-13(9-11-14)12-16(17)19-15-6-4-3-5-7-15;1-10-4-6-13(7-5-10)20(18,19)17-15-9-12(3)11(2)8-14(15)16/h6-15,27H,5,16-17H2,1-4H3;3-11H,2,12H2,1H3;4-9,17H,16H2,1-3H3. The first-order valence-electron chi connectivity index (χ1n) is 23.1. The number of para-hydroxylation sites is 1. The molecule has 0 aromatic heterocycles. The van der Waals surface area contributed by atoms with Gasteiger partial charge in [-0.15, -0.1) is 0 Å². The van der Waals surface area contributed by atoms with E-state index in [1.165, 1.54) is 0 Å². The van der Waals surface area contributed by atoms with Crippen molar-refractivity contribution < 1.29 is 40.6 Å². The third-order valence-electron chi connectivity index (χ3n) is 11.1. The number of anilines is 3. The highest BCUT2D eigenvalue weighted by atomic mass is 32.2. The van der Waals surface area contributed by atoms with Crippen molar-refractivity contribution in [2.75, 3.05) is 28.4 Å². The van der Waals surface area contributed by atoms with Gasteiger partial charge < -0.3 is 19.9 Å². The lowest BCUT2D eigenvalue weighted by Gasteiger charge is -2.15. The van der Waals surface area contributed by atoms with Crippen molar-refractivity contribution >= 4 is 48.9 Å². The lowest BCUT2D eigenvalue weighted by Crippen LogP contribution is -2.16. The van der Waals surface area contributed by atoms with Gasteiger partial charge in [0.1, 0.15) is 23.0 Å². The number of ether oxygens (including phenoxy) is 3. The number of carbonyl (C=O) groups is 2. The molecular formula is C57H63N3O9S2. The Labute approximate surface area is 419 Å². The molecule has 0 saturated heterocycles. The molecule has 0 amide bonds. The van der Waals surface area contributed by atoms with E-state index in [0.29, 0.717) is 41.6 Å². The maximum absolute atomic E-state index is 12.9. The summed E-state index contributed by atoms with van der Waals surface area (Å²) < 4.78 is 71.7. The second-order valence-corrected chi connectivity index (χ2v) is 20.3. The van der Waals surface area contributed by atoms with Gasteiger partial charge in [-0.3, -0.25) is 19.0 Å². The average molecular weight is 998 g/mol. The Morgan fingerprint density at radius 3 is 1.38 bits per heavy atom. The zero-order valence-corrected chi connectivity index (χ0v) is 43.2. The largest absolute Gasteiger partial charge is 0.494 e. The summed E-state index contributed by atoms with van der Waals surface area (Å²) in [5, 5.41) is 0. The highest BCUT2D eigenvalue weighted by molar-refractivity contribution is 7.93. The van der Waals surface area contributed by atoms with E-state index < -0.39 is 20.0 Å². The molecule has 0 radical (unpaired) electrons. The van der Waals surface area contributed by atoms with E-state index in [1.54, 1.807) is 78.9 Å². The third-order valence-corrected chi connectivity index (χ3v) is 13.9. The molecule has 372 valence electrons. The molecule has 0 aliphatic rings. The molecule has 0 unspecified atom stereocenters. The molecule has 0 atom stereocenters. The van der Waals surface area contributed by atoms with Crippen LogP contribution in [0.4, 0.5) is 17.1 Å². The van der Waals surface area contributed by atoms with Crippen LogP contribution < -0.4 is 29.4 Å². The fourth-order valence-corrected chi connectivity index (χ4v) is 9.12. The van der Waals surface area contributed by atoms with E-state index in [1.807, 2.05) is 128 Å². The van der Waals surface area contributed by atoms with Gasteiger partial charge in [0.15, 0.2) is 0 Å². The second-order valence-electron chi connectivity index (χ2n) is 17.0. The number of aryl methyl sites for hydroxylation is 6. The van der Waals surface area contributed by atoms with Crippen LogP contribution in [0.5, 0.6) is 17.2 Å². The van der Waals surface area contributed by atoms with Gasteiger partial charge in [-0.1, -0.05) is 83.9 Å². The summed E-state index contributed by atoms with van der Waals surface area (Å²) in [6.45, 7) is 16.6. The Balaban J connectivity index is 0.000000209. The summed E-state index contributed by atoms with van der Waals surface area (Å²) in [6.07, 6.45) is 0.658. The van der Waals surface area contributed by atoms with Gasteiger partial charge in [0.2, 0.25) is 0 Å². The average Bonchev–Trinajstić information content (AvgIpc) is 3.32. The van der Waals surface area contributed by atoms with Crippen molar-refractivity contribution in [1.29, 1.82) is 0 Å².